The van der Waals surface area contributed by atoms with Crippen LogP contribution in [0.2, 0.25) is 0 Å². The van der Waals surface area contributed by atoms with Crippen molar-refractivity contribution >= 4 is 0 Å². The number of nitrogens with two attached hydrogens (primary N) is 1. The second-order valence-electron chi connectivity index (χ2n) is 6.86. The number of hydrogen-bond acceptors (Lipinski definition) is 2. The fourth-order valence-corrected chi connectivity index (χ4v) is 3.91. The lowest BCUT2D eigenvalue weighted by atomic mass is 9.62. The first-order valence-electron chi connectivity index (χ1n) is 7.57. The molecule has 0 aromatic heterocycles. The van der Waals surface area contributed by atoms with E-state index in [9.17, 15) is 0 Å². The molecule has 0 heterocycles. The summed E-state index contributed by atoms with van der Waals surface area (Å²) < 4.78 is 0. The largest absolute Gasteiger partial charge is 0.329 e. The summed E-state index contributed by atoms with van der Waals surface area (Å²) in [5.74, 6) is 0. The summed E-state index contributed by atoms with van der Waals surface area (Å²) in [5.41, 5.74) is 6.73. The second-order valence-corrected chi connectivity index (χ2v) is 6.86. The summed E-state index contributed by atoms with van der Waals surface area (Å²) in [6.45, 7) is 5.63. The lowest BCUT2D eigenvalue weighted by molar-refractivity contribution is 0.0521. The highest BCUT2D eigenvalue weighted by Crippen LogP contribution is 2.44. The summed E-state index contributed by atoms with van der Waals surface area (Å²) in [6.07, 6.45) is 12.3. The number of rotatable bonds is 3. The Morgan fingerprint density at radius 3 is 2.24 bits per heavy atom. The summed E-state index contributed by atoms with van der Waals surface area (Å²) >= 11 is 0. The lowest BCUT2D eigenvalue weighted by Gasteiger charge is -2.52. The smallest absolute Gasteiger partial charge is 0.0357 e. The van der Waals surface area contributed by atoms with E-state index in [1.165, 1.54) is 57.8 Å². The zero-order valence-corrected chi connectivity index (χ0v) is 11.7. The second kappa shape index (κ2) is 5.27. The van der Waals surface area contributed by atoms with Crippen LogP contribution in [0.3, 0.4) is 0 Å². The molecule has 2 saturated carbocycles. The molecule has 0 bridgehead atoms. The Morgan fingerprint density at radius 1 is 1.00 bits per heavy atom. The molecule has 0 radical (unpaired) electrons. The van der Waals surface area contributed by atoms with Gasteiger partial charge in [-0.25, -0.2) is 0 Å². The summed E-state index contributed by atoms with van der Waals surface area (Å²) in [5, 5.41) is 3.99. The van der Waals surface area contributed by atoms with Crippen LogP contribution in [-0.2, 0) is 0 Å². The third kappa shape index (κ3) is 2.68. The molecule has 1 unspecified atom stereocenters. The minimum atomic E-state index is 0.202. The summed E-state index contributed by atoms with van der Waals surface area (Å²) in [6, 6.07) is 0.727. The van der Waals surface area contributed by atoms with Gasteiger partial charge in [-0.05, 0) is 31.1 Å². The Hall–Kier alpha value is -0.0800. The Balaban J connectivity index is 2.06. The molecule has 0 aromatic carbocycles. The minimum absolute atomic E-state index is 0.202. The Kier molecular flexibility index (Phi) is 4.14. The van der Waals surface area contributed by atoms with Gasteiger partial charge >= 0.3 is 0 Å². The van der Waals surface area contributed by atoms with Crippen LogP contribution in [-0.4, -0.2) is 18.1 Å². The SMILES string of the molecule is CC1(C)CCCCC1(CN)NC1CCCCC1. The maximum Gasteiger partial charge on any atom is 0.0357 e. The molecule has 2 aliphatic rings. The lowest BCUT2D eigenvalue weighted by Crippen LogP contribution is -2.64. The van der Waals surface area contributed by atoms with E-state index in [1.54, 1.807) is 0 Å². The van der Waals surface area contributed by atoms with Crippen molar-refractivity contribution in [3.8, 4) is 0 Å². The molecular formula is C15H30N2. The first kappa shape index (κ1) is 13.4. The van der Waals surface area contributed by atoms with Crippen molar-refractivity contribution in [3.05, 3.63) is 0 Å². The third-order valence-electron chi connectivity index (χ3n) is 5.38. The van der Waals surface area contributed by atoms with E-state index in [0.29, 0.717) is 5.41 Å². The summed E-state index contributed by atoms with van der Waals surface area (Å²) in [4.78, 5) is 0. The van der Waals surface area contributed by atoms with Crippen LogP contribution in [0, 0.1) is 5.41 Å². The van der Waals surface area contributed by atoms with Gasteiger partial charge in [-0.15, -0.1) is 0 Å². The van der Waals surface area contributed by atoms with Crippen molar-refractivity contribution in [2.75, 3.05) is 6.54 Å². The van der Waals surface area contributed by atoms with Crippen molar-refractivity contribution < 1.29 is 0 Å². The Morgan fingerprint density at radius 2 is 1.65 bits per heavy atom. The normalized spacial score (nSPS) is 34.8. The van der Waals surface area contributed by atoms with Crippen molar-refractivity contribution in [1.82, 2.24) is 5.32 Å². The molecule has 0 aliphatic heterocycles. The minimum Gasteiger partial charge on any atom is -0.329 e. The molecule has 3 N–H and O–H groups in total. The maximum atomic E-state index is 6.17. The monoisotopic (exact) mass is 238 g/mol. The van der Waals surface area contributed by atoms with Gasteiger partial charge in [0.25, 0.3) is 0 Å². The number of nitrogens with one attached hydrogen (secondary N) is 1. The fraction of sp³-hybridized carbons (Fsp3) is 1.00. The number of hydrogen-bond donors (Lipinski definition) is 2. The Bertz CT molecular complexity index is 243. The highest BCUT2D eigenvalue weighted by Gasteiger charge is 2.46. The van der Waals surface area contributed by atoms with E-state index in [4.69, 9.17) is 5.73 Å². The molecular weight excluding hydrogens is 208 g/mol. The molecule has 1 atom stereocenters. The van der Waals surface area contributed by atoms with E-state index < -0.39 is 0 Å². The molecule has 0 spiro atoms. The van der Waals surface area contributed by atoms with Gasteiger partial charge in [0.05, 0.1) is 0 Å². The quantitative estimate of drug-likeness (QED) is 0.792. The first-order chi connectivity index (χ1) is 8.10. The van der Waals surface area contributed by atoms with Crippen molar-refractivity contribution in [2.24, 2.45) is 11.1 Å². The van der Waals surface area contributed by atoms with Crippen LogP contribution in [0.1, 0.15) is 71.6 Å². The zero-order valence-electron chi connectivity index (χ0n) is 11.7. The van der Waals surface area contributed by atoms with Gasteiger partial charge < -0.3 is 11.1 Å². The van der Waals surface area contributed by atoms with Crippen LogP contribution in [0.15, 0.2) is 0 Å². The summed E-state index contributed by atoms with van der Waals surface area (Å²) in [7, 11) is 0. The molecule has 100 valence electrons. The van der Waals surface area contributed by atoms with Gasteiger partial charge in [0, 0.05) is 18.1 Å². The van der Waals surface area contributed by atoms with Crippen LogP contribution in [0.25, 0.3) is 0 Å². The standard InChI is InChI=1S/C15H30N2/c1-14(2)10-6-7-11-15(14,12-16)17-13-8-4-3-5-9-13/h13,17H,3-12,16H2,1-2H3. The predicted octanol–water partition coefficient (Wildman–Crippen LogP) is 3.21. The van der Waals surface area contributed by atoms with Crippen LogP contribution in [0.4, 0.5) is 0 Å². The van der Waals surface area contributed by atoms with Gasteiger partial charge in [0.1, 0.15) is 0 Å². The van der Waals surface area contributed by atoms with Gasteiger partial charge in [-0.1, -0.05) is 46.0 Å². The van der Waals surface area contributed by atoms with Gasteiger partial charge in [0.2, 0.25) is 0 Å². The first-order valence-corrected chi connectivity index (χ1v) is 7.57. The van der Waals surface area contributed by atoms with Gasteiger partial charge in [-0.2, -0.15) is 0 Å². The van der Waals surface area contributed by atoms with E-state index in [-0.39, 0.29) is 5.54 Å². The van der Waals surface area contributed by atoms with Gasteiger partial charge in [0.15, 0.2) is 0 Å². The predicted molar refractivity (Wildman–Crippen MR) is 74.0 cm³/mol. The average Bonchev–Trinajstić information content (AvgIpc) is 2.33. The average molecular weight is 238 g/mol. The molecule has 0 amide bonds. The fourth-order valence-electron chi connectivity index (χ4n) is 3.91. The molecule has 0 aromatic rings. The molecule has 2 nitrogen and oxygen atoms in total. The van der Waals surface area contributed by atoms with E-state index in [0.717, 1.165) is 12.6 Å². The topological polar surface area (TPSA) is 38.0 Å². The van der Waals surface area contributed by atoms with E-state index >= 15 is 0 Å². The van der Waals surface area contributed by atoms with Crippen LogP contribution in [0.5, 0.6) is 0 Å². The molecule has 17 heavy (non-hydrogen) atoms. The molecule has 0 saturated heterocycles. The maximum absolute atomic E-state index is 6.17. The van der Waals surface area contributed by atoms with E-state index in [2.05, 4.69) is 19.2 Å². The van der Waals surface area contributed by atoms with Crippen LogP contribution >= 0.6 is 0 Å². The molecule has 2 heteroatoms. The van der Waals surface area contributed by atoms with Crippen molar-refractivity contribution in [1.29, 1.82) is 0 Å². The van der Waals surface area contributed by atoms with Crippen molar-refractivity contribution in [3.63, 3.8) is 0 Å². The molecule has 2 fully saturated rings. The zero-order chi connectivity index (χ0) is 12.4. The molecule has 2 aliphatic carbocycles. The van der Waals surface area contributed by atoms with Crippen molar-refractivity contribution in [2.45, 2.75) is 83.2 Å². The van der Waals surface area contributed by atoms with Gasteiger partial charge in [-0.3, -0.25) is 0 Å². The highest BCUT2D eigenvalue weighted by atomic mass is 15.1. The third-order valence-corrected chi connectivity index (χ3v) is 5.38. The molecule has 2 rings (SSSR count). The van der Waals surface area contributed by atoms with Crippen LogP contribution < -0.4 is 11.1 Å². The highest BCUT2D eigenvalue weighted by molar-refractivity contribution is 5.05. The Labute approximate surface area is 107 Å². The van der Waals surface area contributed by atoms with E-state index in [1.807, 2.05) is 0 Å².